The van der Waals surface area contributed by atoms with E-state index in [4.69, 9.17) is 16.3 Å². The lowest BCUT2D eigenvalue weighted by molar-refractivity contribution is -0.186. The van der Waals surface area contributed by atoms with Gasteiger partial charge in [-0.2, -0.15) is 26.3 Å². The molecule has 0 saturated heterocycles. The van der Waals surface area contributed by atoms with E-state index >= 15 is 0 Å². The van der Waals surface area contributed by atoms with Crippen LogP contribution in [0, 0.1) is 0 Å². The molecule has 0 saturated carbocycles. The van der Waals surface area contributed by atoms with E-state index in [1.54, 1.807) is 6.08 Å². The predicted molar refractivity (Wildman–Crippen MR) is 147 cm³/mol. The summed E-state index contributed by atoms with van der Waals surface area (Å²) in [4.78, 5) is 20.3. The van der Waals surface area contributed by atoms with E-state index in [9.17, 15) is 39.6 Å². The zero-order chi connectivity index (χ0) is 31.3. The molecule has 230 valence electrons. The van der Waals surface area contributed by atoms with Gasteiger partial charge in [0, 0.05) is 30.4 Å². The van der Waals surface area contributed by atoms with Gasteiger partial charge >= 0.3 is 18.3 Å². The molecule has 0 radical (unpaired) electrons. The van der Waals surface area contributed by atoms with Crippen molar-refractivity contribution in [2.75, 3.05) is 31.3 Å². The van der Waals surface area contributed by atoms with Crippen molar-refractivity contribution in [2.24, 2.45) is 0 Å². The number of anilines is 2. The third kappa shape index (κ3) is 6.66. The number of alkyl halides is 6. The Hall–Kier alpha value is -3.21. The standard InChI is InChI=1S/C26H21ClF6N4O4S2/c1-43(39,40)20-10-19(42-22(20)13-3-6-41-7-4-13)21-16(25(28,29)30)11-34-24(36-21)35-18-9-14-2-5-37(23(38)26(31,32)33)12-15(14)8-17(18)27/h3,8-11H,2,4-7,12H2,1H3,(H,34,35,36). The fourth-order valence-electron chi connectivity index (χ4n) is 4.71. The molecule has 0 fully saturated rings. The summed E-state index contributed by atoms with van der Waals surface area (Å²) in [6.07, 6.45) is -6.21. The lowest BCUT2D eigenvalue weighted by atomic mass is 9.99. The van der Waals surface area contributed by atoms with Crippen molar-refractivity contribution in [1.29, 1.82) is 0 Å². The third-order valence-electron chi connectivity index (χ3n) is 6.76. The van der Waals surface area contributed by atoms with Crippen LogP contribution in [0.4, 0.5) is 38.0 Å². The number of amides is 1. The number of carbonyl (C=O) groups is 1. The van der Waals surface area contributed by atoms with E-state index in [-0.39, 0.29) is 52.5 Å². The summed E-state index contributed by atoms with van der Waals surface area (Å²) in [5.41, 5.74) is 0.0518. The number of aromatic nitrogens is 2. The van der Waals surface area contributed by atoms with Crippen LogP contribution in [0.25, 0.3) is 16.1 Å². The Kier molecular flexibility index (Phi) is 8.26. The van der Waals surface area contributed by atoms with Crippen molar-refractivity contribution in [3.8, 4) is 10.6 Å². The Bertz CT molecular complexity index is 1740. The minimum Gasteiger partial charge on any atom is -0.377 e. The Morgan fingerprint density at radius 2 is 1.86 bits per heavy atom. The number of hydrogen-bond donors (Lipinski definition) is 1. The van der Waals surface area contributed by atoms with Gasteiger partial charge in [0.25, 0.3) is 0 Å². The van der Waals surface area contributed by atoms with Crippen LogP contribution >= 0.6 is 22.9 Å². The van der Waals surface area contributed by atoms with Gasteiger partial charge in [0.1, 0.15) is 5.56 Å². The third-order valence-corrected chi connectivity index (χ3v) is 9.54. The predicted octanol–water partition coefficient (Wildman–Crippen LogP) is 6.28. The van der Waals surface area contributed by atoms with E-state index in [1.165, 1.54) is 12.1 Å². The molecule has 17 heteroatoms. The monoisotopic (exact) mass is 666 g/mol. The van der Waals surface area contributed by atoms with Crippen LogP contribution in [0.15, 0.2) is 35.4 Å². The number of nitrogens with zero attached hydrogens (tertiary/aromatic N) is 3. The van der Waals surface area contributed by atoms with Gasteiger partial charge in [0.15, 0.2) is 9.84 Å². The minimum absolute atomic E-state index is 0.00864. The first-order valence-corrected chi connectivity index (χ1v) is 15.6. The first-order valence-electron chi connectivity index (χ1n) is 12.5. The maximum atomic E-state index is 14.0. The first kappa shape index (κ1) is 31.2. The fraction of sp³-hybridized carbons (Fsp3) is 0.346. The van der Waals surface area contributed by atoms with Gasteiger partial charge in [0.05, 0.1) is 39.4 Å². The van der Waals surface area contributed by atoms with Gasteiger partial charge in [-0.3, -0.25) is 4.79 Å². The van der Waals surface area contributed by atoms with E-state index in [0.717, 1.165) is 23.7 Å². The molecule has 5 rings (SSSR count). The number of ether oxygens (including phenoxy) is 1. The summed E-state index contributed by atoms with van der Waals surface area (Å²) in [5.74, 6) is -2.25. The SMILES string of the molecule is CS(=O)(=O)c1cc(-c2nc(Nc3cc4c(cc3Cl)CN(C(=O)C(F)(F)F)CC4)ncc2C(F)(F)F)sc1C1=CCOCC1. The second-order valence-electron chi connectivity index (χ2n) is 9.78. The molecular formula is C26H21ClF6N4O4S2. The molecule has 1 amide bonds. The van der Waals surface area contributed by atoms with Crippen LogP contribution in [0.1, 0.15) is 28.0 Å². The Morgan fingerprint density at radius 3 is 2.49 bits per heavy atom. The molecular weight excluding hydrogens is 646 g/mol. The molecule has 0 spiro atoms. The molecule has 0 aliphatic carbocycles. The van der Waals surface area contributed by atoms with Gasteiger partial charge in [-0.05, 0) is 47.7 Å². The fourth-order valence-corrected chi connectivity index (χ4v) is 7.52. The van der Waals surface area contributed by atoms with E-state index < -0.39 is 39.4 Å². The molecule has 2 aliphatic heterocycles. The lowest BCUT2D eigenvalue weighted by Gasteiger charge is -2.30. The van der Waals surface area contributed by atoms with Gasteiger partial charge in [0.2, 0.25) is 5.95 Å². The summed E-state index contributed by atoms with van der Waals surface area (Å²) < 4.78 is 111. The smallest absolute Gasteiger partial charge is 0.377 e. The van der Waals surface area contributed by atoms with Crippen LogP contribution in [0.5, 0.6) is 0 Å². The Labute approximate surface area is 250 Å². The summed E-state index contributed by atoms with van der Waals surface area (Å²) in [7, 11) is -3.82. The van der Waals surface area contributed by atoms with E-state index in [0.29, 0.717) is 45.7 Å². The second kappa shape index (κ2) is 11.4. The molecule has 4 heterocycles. The number of sulfone groups is 1. The largest absolute Gasteiger partial charge is 0.471 e. The van der Waals surface area contributed by atoms with Gasteiger partial charge in [-0.1, -0.05) is 17.7 Å². The Balaban J connectivity index is 1.52. The summed E-state index contributed by atoms with van der Waals surface area (Å²) in [6.45, 7) is 0.0506. The van der Waals surface area contributed by atoms with Crippen LogP contribution in [-0.2, 0) is 38.5 Å². The van der Waals surface area contributed by atoms with Crippen molar-refractivity contribution in [2.45, 2.75) is 36.6 Å². The number of hydrogen-bond acceptors (Lipinski definition) is 8. The van der Waals surface area contributed by atoms with Crippen molar-refractivity contribution in [1.82, 2.24) is 14.9 Å². The lowest BCUT2D eigenvalue weighted by Crippen LogP contribution is -2.43. The molecule has 2 aliphatic rings. The quantitative estimate of drug-likeness (QED) is 0.320. The van der Waals surface area contributed by atoms with Crippen molar-refractivity contribution < 1.29 is 44.3 Å². The zero-order valence-corrected chi connectivity index (χ0v) is 24.5. The van der Waals surface area contributed by atoms with Gasteiger partial charge in [-0.15, -0.1) is 11.3 Å². The molecule has 1 N–H and O–H groups in total. The van der Waals surface area contributed by atoms with Crippen molar-refractivity contribution in [3.63, 3.8) is 0 Å². The average molecular weight is 667 g/mol. The number of carbonyl (C=O) groups excluding carboxylic acids is 1. The van der Waals surface area contributed by atoms with Crippen LogP contribution < -0.4 is 5.32 Å². The number of nitrogens with one attached hydrogen (secondary N) is 1. The molecule has 8 nitrogen and oxygen atoms in total. The van der Waals surface area contributed by atoms with Crippen LogP contribution in [0.2, 0.25) is 5.02 Å². The number of thiophene rings is 1. The van der Waals surface area contributed by atoms with Crippen molar-refractivity contribution >= 4 is 55.9 Å². The average Bonchev–Trinajstić information content (AvgIpc) is 3.39. The molecule has 43 heavy (non-hydrogen) atoms. The second-order valence-corrected chi connectivity index (χ2v) is 13.2. The maximum absolute atomic E-state index is 14.0. The highest BCUT2D eigenvalue weighted by Gasteiger charge is 2.43. The first-order chi connectivity index (χ1) is 20.0. The minimum atomic E-state index is -5.02. The Morgan fingerprint density at radius 1 is 1.12 bits per heavy atom. The summed E-state index contributed by atoms with van der Waals surface area (Å²) in [6, 6.07) is 4.04. The van der Waals surface area contributed by atoms with Crippen molar-refractivity contribution in [3.05, 3.63) is 57.1 Å². The highest BCUT2D eigenvalue weighted by atomic mass is 35.5. The summed E-state index contributed by atoms with van der Waals surface area (Å²) in [5, 5.41) is 2.77. The molecule has 0 unspecified atom stereocenters. The number of benzene rings is 1. The number of rotatable bonds is 5. The molecule has 3 aromatic rings. The molecule has 0 bridgehead atoms. The van der Waals surface area contributed by atoms with Crippen LogP contribution in [-0.4, -0.2) is 61.4 Å². The topological polar surface area (TPSA) is 101 Å². The van der Waals surface area contributed by atoms with Gasteiger partial charge < -0.3 is 15.0 Å². The molecule has 1 aromatic carbocycles. The number of halogens is 7. The van der Waals surface area contributed by atoms with Gasteiger partial charge in [-0.25, -0.2) is 18.4 Å². The van der Waals surface area contributed by atoms with E-state index in [2.05, 4.69) is 15.3 Å². The highest BCUT2D eigenvalue weighted by Crippen LogP contribution is 2.44. The molecule has 0 atom stereocenters. The normalized spacial score (nSPS) is 16.1. The number of fused-ring (bicyclic) bond motifs is 1. The molecule has 2 aromatic heterocycles. The zero-order valence-electron chi connectivity index (χ0n) is 22.1. The highest BCUT2D eigenvalue weighted by molar-refractivity contribution is 7.91. The maximum Gasteiger partial charge on any atom is 0.471 e. The van der Waals surface area contributed by atoms with Crippen LogP contribution in [0.3, 0.4) is 0 Å². The van der Waals surface area contributed by atoms with E-state index in [1.807, 2.05) is 0 Å². The summed E-state index contributed by atoms with van der Waals surface area (Å²) >= 11 is 7.20.